The van der Waals surface area contributed by atoms with Crippen molar-refractivity contribution in [3.05, 3.63) is 58.1 Å². The molecule has 6 heteroatoms. The Bertz CT molecular complexity index is 858. The summed E-state index contributed by atoms with van der Waals surface area (Å²) in [7, 11) is 1.52. The molecule has 0 aliphatic carbocycles. The molecule has 148 valence electrons. The highest BCUT2D eigenvalue weighted by Crippen LogP contribution is 2.33. The Labute approximate surface area is 176 Å². The molecule has 0 spiro atoms. The predicted molar refractivity (Wildman–Crippen MR) is 118 cm³/mol. The van der Waals surface area contributed by atoms with Crippen LogP contribution in [0.5, 0.6) is 5.75 Å². The molecule has 2 aromatic rings. The Balaban J connectivity index is 1.63. The van der Waals surface area contributed by atoms with Crippen LogP contribution in [0.3, 0.4) is 0 Å². The minimum atomic E-state index is -0.238. The Kier molecular flexibility index (Phi) is 6.87. The Morgan fingerprint density at radius 1 is 1.18 bits per heavy atom. The summed E-state index contributed by atoms with van der Waals surface area (Å²) >= 11 is 12.2. The number of piperidine rings is 1. The van der Waals surface area contributed by atoms with Crippen molar-refractivity contribution >= 4 is 46.6 Å². The van der Waals surface area contributed by atoms with Crippen LogP contribution in [-0.2, 0) is 4.79 Å². The predicted octanol–water partition coefficient (Wildman–Crippen LogP) is 5.89. The number of nitrogens with one attached hydrogen (secondary N) is 1. The third-order valence-electron chi connectivity index (χ3n) is 4.94. The van der Waals surface area contributed by atoms with Crippen LogP contribution in [0.2, 0.25) is 10.0 Å². The number of methoxy groups -OCH3 is 1. The molecule has 0 bridgehead atoms. The first-order valence-electron chi connectivity index (χ1n) is 9.33. The van der Waals surface area contributed by atoms with E-state index in [1.54, 1.807) is 18.2 Å². The lowest BCUT2D eigenvalue weighted by Gasteiger charge is -2.32. The number of halogens is 2. The standard InChI is InChI=1S/C22H24Cl2N2O2/c1-15-9-11-26(12-10-15)19-6-4-18(5-7-19)25-21(27)8-3-16-13-17(23)14-20(24)22(16)28-2/h3-8,13-15H,9-12H2,1-2H3,(H,25,27). The number of nitrogens with zero attached hydrogens (tertiary/aromatic N) is 1. The normalized spacial score (nSPS) is 15.1. The molecule has 1 saturated heterocycles. The van der Waals surface area contributed by atoms with Gasteiger partial charge in [0.1, 0.15) is 5.75 Å². The first-order valence-corrected chi connectivity index (χ1v) is 10.1. The van der Waals surface area contributed by atoms with Gasteiger partial charge in [-0.05, 0) is 61.2 Å². The largest absolute Gasteiger partial charge is 0.495 e. The van der Waals surface area contributed by atoms with Crippen molar-refractivity contribution in [1.82, 2.24) is 0 Å². The SMILES string of the molecule is COc1c(Cl)cc(Cl)cc1C=CC(=O)Nc1ccc(N2CCC(C)CC2)cc1. The number of carbonyl (C=O) groups is 1. The van der Waals surface area contributed by atoms with E-state index in [0.29, 0.717) is 21.4 Å². The van der Waals surface area contributed by atoms with E-state index in [2.05, 4.69) is 29.3 Å². The van der Waals surface area contributed by atoms with Crippen molar-refractivity contribution in [1.29, 1.82) is 0 Å². The van der Waals surface area contributed by atoms with Gasteiger partial charge in [0.15, 0.2) is 0 Å². The summed E-state index contributed by atoms with van der Waals surface area (Å²) in [6.07, 6.45) is 5.51. The van der Waals surface area contributed by atoms with Crippen LogP contribution < -0.4 is 15.0 Å². The molecular weight excluding hydrogens is 395 g/mol. The minimum Gasteiger partial charge on any atom is -0.495 e. The highest BCUT2D eigenvalue weighted by atomic mass is 35.5. The van der Waals surface area contributed by atoms with Crippen LogP contribution in [0.25, 0.3) is 6.08 Å². The van der Waals surface area contributed by atoms with Crippen molar-refractivity contribution < 1.29 is 9.53 Å². The molecule has 4 nitrogen and oxygen atoms in total. The number of ether oxygens (including phenoxy) is 1. The van der Waals surface area contributed by atoms with E-state index >= 15 is 0 Å². The third kappa shape index (κ3) is 5.21. The fraction of sp³-hybridized carbons (Fsp3) is 0.318. The van der Waals surface area contributed by atoms with Crippen molar-refractivity contribution in [2.24, 2.45) is 5.92 Å². The number of benzene rings is 2. The molecule has 1 fully saturated rings. The third-order valence-corrected chi connectivity index (χ3v) is 5.44. The van der Waals surface area contributed by atoms with Gasteiger partial charge in [0.05, 0.1) is 12.1 Å². The second-order valence-electron chi connectivity index (χ2n) is 7.05. The van der Waals surface area contributed by atoms with Crippen LogP contribution in [0.4, 0.5) is 11.4 Å². The number of amides is 1. The average Bonchev–Trinajstić information content (AvgIpc) is 2.67. The average molecular weight is 419 g/mol. The second-order valence-corrected chi connectivity index (χ2v) is 7.89. The van der Waals surface area contributed by atoms with E-state index in [1.807, 2.05) is 12.1 Å². The van der Waals surface area contributed by atoms with Gasteiger partial charge in [-0.1, -0.05) is 30.1 Å². The molecule has 0 atom stereocenters. The van der Waals surface area contributed by atoms with Gasteiger partial charge in [-0.25, -0.2) is 0 Å². The summed E-state index contributed by atoms with van der Waals surface area (Å²) in [6, 6.07) is 11.3. The summed E-state index contributed by atoms with van der Waals surface area (Å²) in [6.45, 7) is 4.47. The van der Waals surface area contributed by atoms with Gasteiger partial charge in [-0.15, -0.1) is 0 Å². The van der Waals surface area contributed by atoms with Gasteiger partial charge in [-0.2, -0.15) is 0 Å². The van der Waals surface area contributed by atoms with E-state index < -0.39 is 0 Å². The van der Waals surface area contributed by atoms with Gasteiger partial charge in [-0.3, -0.25) is 4.79 Å². The van der Waals surface area contributed by atoms with Crippen LogP contribution in [0.1, 0.15) is 25.3 Å². The second kappa shape index (κ2) is 9.35. The number of hydrogen-bond donors (Lipinski definition) is 1. The summed E-state index contributed by atoms with van der Waals surface area (Å²) in [4.78, 5) is 14.7. The molecule has 0 unspecified atom stereocenters. The van der Waals surface area contributed by atoms with E-state index in [0.717, 1.165) is 24.7 Å². The fourth-order valence-corrected chi connectivity index (χ4v) is 3.88. The molecule has 3 rings (SSSR count). The Hall–Kier alpha value is -2.17. The molecule has 1 aliphatic heterocycles. The summed E-state index contributed by atoms with van der Waals surface area (Å²) in [5, 5.41) is 3.75. The van der Waals surface area contributed by atoms with E-state index in [1.165, 1.54) is 31.7 Å². The van der Waals surface area contributed by atoms with Gasteiger partial charge < -0.3 is 15.0 Å². The molecule has 1 N–H and O–H groups in total. The lowest BCUT2D eigenvalue weighted by Crippen LogP contribution is -2.32. The number of rotatable bonds is 5. The van der Waals surface area contributed by atoms with Crippen molar-refractivity contribution in [3.8, 4) is 5.75 Å². The molecule has 0 aromatic heterocycles. The maximum absolute atomic E-state index is 12.3. The molecule has 1 heterocycles. The quantitative estimate of drug-likeness (QED) is 0.615. The van der Waals surface area contributed by atoms with Crippen LogP contribution in [0.15, 0.2) is 42.5 Å². The van der Waals surface area contributed by atoms with Gasteiger partial charge in [0, 0.05) is 41.1 Å². The van der Waals surface area contributed by atoms with E-state index in [4.69, 9.17) is 27.9 Å². The zero-order valence-corrected chi connectivity index (χ0v) is 17.6. The van der Waals surface area contributed by atoms with Gasteiger partial charge >= 0.3 is 0 Å². The summed E-state index contributed by atoms with van der Waals surface area (Å²) < 4.78 is 5.28. The highest BCUT2D eigenvalue weighted by Gasteiger charge is 2.15. The summed E-state index contributed by atoms with van der Waals surface area (Å²) in [5.74, 6) is 1.04. The molecule has 2 aromatic carbocycles. The molecule has 28 heavy (non-hydrogen) atoms. The Morgan fingerprint density at radius 3 is 2.50 bits per heavy atom. The van der Waals surface area contributed by atoms with Crippen LogP contribution in [-0.4, -0.2) is 26.1 Å². The van der Waals surface area contributed by atoms with E-state index in [-0.39, 0.29) is 5.91 Å². The van der Waals surface area contributed by atoms with Crippen LogP contribution in [0, 0.1) is 5.92 Å². The first-order chi connectivity index (χ1) is 13.5. The Morgan fingerprint density at radius 2 is 1.86 bits per heavy atom. The number of carbonyl (C=O) groups excluding carboxylic acids is 1. The zero-order valence-electron chi connectivity index (χ0n) is 16.0. The summed E-state index contributed by atoms with van der Waals surface area (Å²) in [5.41, 5.74) is 2.59. The first kappa shape index (κ1) is 20.6. The van der Waals surface area contributed by atoms with Crippen molar-refractivity contribution in [2.45, 2.75) is 19.8 Å². The molecule has 1 amide bonds. The zero-order chi connectivity index (χ0) is 20.1. The van der Waals surface area contributed by atoms with Gasteiger partial charge in [0.2, 0.25) is 5.91 Å². The fourth-order valence-electron chi connectivity index (χ4n) is 3.29. The highest BCUT2D eigenvalue weighted by molar-refractivity contribution is 6.36. The number of anilines is 2. The molecule has 0 radical (unpaired) electrons. The maximum atomic E-state index is 12.3. The maximum Gasteiger partial charge on any atom is 0.248 e. The number of hydrogen-bond acceptors (Lipinski definition) is 3. The van der Waals surface area contributed by atoms with Crippen molar-refractivity contribution in [3.63, 3.8) is 0 Å². The smallest absolute Gasteiger partial charge is 0.248 e. The van der Waals surface area contributed by atoms with Gasteiger partial charge in [0.25, 0.3) is 0 Å². The molecular formula is C22H24Cl2N2O2. The minimum absolute atomic E-state index is 0.238. The molecule has 1 aliphatic rings. The monoisotopic (exact) mass is 418 g/mol. The molecule has 0 saturated carbocycles. The van der Waals surface area contributed by atoms with Crippen LogP contribution >= 0.6 is 23.2 Å². The van der Waals surface area contributed by atoms with E-state index in [9.17, 15) is 4.79 Å². The lowest BCUT2D eigenvalue weighted by molar-refractivity contribution is -0.111. The lowest BCUT2D eigenvalue weighted by atomic mass is 9.99. The van der Waals surface area contributed by atoms with Crippen molar-refractivity contribution in [2.75, 3.05) is 30.4 Å². The topological polar surface area (TPSA) is 41.6 Å².